The molecule has 5 nitrogen and oxygen atoms in total. The van der Waals surface area contributed by atoms with Crippen LogP contribution in [0.25, 0.3) is 11.3 Å². The van der Waals surface area contributed by atoms with E-state index in [1.54, 1.807) is 6.92 Å². The Morgan fingerprint density at radius 3 is 2.52 bits per heavy atom. The molecule has 1 aromatic heterocycles. The molecular weight excluding hydrogens is 340 g/mol. The summed E-state index contributed by atoms with van der Waals surface area (Å²) in [4.78, 5) is 28.9. The Hall–Kier alpha value is -3.34. The zero-order valence-electron chi connectivity index (χ0n) is 15.2. The Bertz CT molecular complexity index is 1020. The number of carbonyl (C=O) groups excluding carboxylic acids is 2. The summed E-state index contributed by atoms with van der Waals surface area (Å²) in [7, 11) is 0. The summed E-state index contributed by atoms with van der Waals surface area (Å²) in [6.07, 6.45) is 0. The number of para-hydroxylation sites is 1. The van der Waals surface area contributed by atoms with Crippen LogP contribution in [-0.2, 0) is 9.53 Å². The van der Waals surface area contributed by atoms with Crippen molar-refractivity contribution in [1.29, 1.82) is 0 Å². The number of esters is 1. The normalized spacial score (nSPS) is 15.3. The first kappa shape index (κ1) is 17.1. The number of fused-ring (bicyclic) bond motifs is 1. The van der Waals surface area contributed by atoms with Crippen LogP contribution >= 0.6 is 0 Å². The second-order valence-electron chi connectivity index (χ2n) is 6.51. The third-order valence-electron chi connectivity index (χ3n) is 4.85. The van der Waals surface area contributed by atoms with E-state index in [4.69, 9.17) is 4.74 Å². The lowest BCUT2D eigenvalue weighted by atomic mass is 9.87. The lowest BCUT2D eigenvalue weighted by Crippen LogP contribution is -2.17. The molecule has 0 spiro atoms. The molecule has 1 atom stereocenters. The first-order valence-electron chi connectivity index (χ1n) is 8.96. The molecule has 0 aliphatic carbocycles. The number of rotatable bonds is 4. The third-order valence-corrected chi connectivity index (χ3v) is 4.85. The van der Waals surface area contributed by atoms with Crippen LogP contribution in [0.5, 0.6) is 0 Å². The monoisotopic (exact) mass is 360 g/mol. The minimum Gasteiger partial charge on any atom is -0.462 e. The van der Waals surface area contributed by atoms with Crippen LogP contribution < -0.4 is 5.32 Å². The number of hydrogen-bond donors (Lipinski definition) is 2. The van der Waals surface area contributed by atoms with Gasteiger partial charge in [-0.1, -0.05) is 48.5 Å². The Labute approximate surface area is 157 Å². The van der Waals surface area contributed by atoms with Crippen LogP contribution in [0, 0.1) is 6.92 Å². The lowest BCUT2D eigenvalue weighted by molar-refractivity contribution is -0.116. The van der Waals surface area contributed by atoms with Gasteiger partial charge in [0.15, 0.2) is 0 Å². The number of carbonyl (C=O) groups is 2. The van der Waals surface area contributed by atoms with Gasteiger partial charge in [-0.2, -0.15) is 0 Å². The maximum absolute atomic E-state index is 12.9. The summed E-state index contributed by atoms with van der Waals surface area (Å²) < 4.78 is 5.29. The zero-order valence-corrected chi connectivity index (χ0v) is 15.2. The van der Waals surface area contributed by atoms with E-state index in [2.05, 4.69) is 10.3 Å². The van der Waals surface area contributed by atoms with Gasteiger partial charge in [0, 0.05) is 16.9 Å². The van der Waals surface area contributed by atoms with Gasteiger partial charge >= 0.3 is 5.97 Å². The molecule has 0 radical (unpaired) electrons. The fourth-order valence-electron chi connectivity index (χ4n) is 3.73. The molecule has 2 heterocycles. The van der Waals surface area contributed by atoms with Gasteiger partial charge in [-0.15, -0.1) is 0 Å². The quantitative estimate of drug-likeness (QED) is 0.683. The molecule has 1 aliphatic heterocycles. The highest BCUT2D eigenvalue weighted by molar-refractivity contribution is 6.08. The van der Waals surface area contributed by atoms with Crippen LogP contribution in [0.1, 0.15) is 40.0 Å². The van der Waals surface area contributed by atoms with Gasteiger partial charge in [0.1, 0.15) is 0 Å². The van der Waals surface area contributed by atoms with E-state index in [1.165, 1.54) is 0 Å². The highest BCUT2D eigenvalue weighted by atomic mass is 16.5. The van der Waals surface area contributed by atoms with Crippen LogP contribution in [-0.4, -0.2) is 23.5 Å². The molecule has 1 amide bonds. The van der Waals surface area contributed by atoms with Gasteiger partial charge in [0.2, 0.25) is 5.91 Å². The number of H-pyrrole nitrogens is 1. The Morgan fingerprint density at radius 2 is 1.78 bits per heavy atom. The van der Waals surface area contributed by atoms with Crippen LogP contribution in [0.15, 0.2) is 54.6 Å². The van der Waals surface area contributed by atoms with Crippen molar-refractivity contribution in [3.63, 3.8) is 0 Å². The summed E-state index contributed by atoms with van der Waals surface area (Å²) in [6, 6.07) is 17.3. The van der Waals surface area contributed by atoms with E-state index >= 15 is 0 Å². The molecule has 2 aromatic carbocycles. The molecule has 1 aliphatic rings. The molecule has 0 saturated heterocycles. The summed E-state index contributed by atoms with van der Waals surface area (Å²) in [6.45, 7) is 3.88. The first-order valence-corrected chi connectivity index (χ1v) is 8.96. The molecular formula is C22H20N2O3. The number of ether oxygens (including phenoxy) is 1. The summed E-state index contributed by atoms with van der Waals surface area (Å²) in [5.74, 6) is -1.13. The molecule has 0 saturated carbocycles. The SMILES string of the molecule is CCOC(=O)c1c(C)[nH]c(-c2ccccc2)c1C1C(=O)Nc2ccccc21. The van der Waals surface area contributed by atoms with E-state index < -0.39 is 11.9 Å². The molecule has 1 unspecified atom stereocenters. The second-order valence-corrected chi connectivity index (χ2v) is 6.51. The largest absolute Gasteiger partial charge is 0.462 e. The molecule has 0 bridgehead atoms. The summed E-state index contributed by atoms with van der Waals surface area (Å²) >= 11 is 0. The molecule has 27 heavy (non-hydrogen) atoms. The lowest BCUT2D eigenvalue weighted by Gasteiger charge is -2.14. The average Bonchev–Trinajstić information content (AvgIpc) is 3.18. The Balaban J connectivity index is 1.98. The minimum absolute atomic E-state index is 0.141. The highest BCUT2D eigenvalue weighted by Gasteiger charge is 2.38. The van der Waals surface area contributed by atoms with Crippen molar-refractivity contribution in [2.24, 2.45) is 0 Å². The van der Waals surface area contributed by atoms with Crippen LogP contribution in [0.2, 0.25) is 0 Å². The van der Waals surface area contributed by atoms with Crippen molar-refractivity contribution in [1.82, 2.24) is 4.98 Å². The Kier molecular flexibility index (Phi) is 4.28. The fourth-order valence-corrected chi connectivity index (χ4v) is 3.73. The van der Waals surface area contributed by atoms with E-state index in [1.807, 2.05) is 61.5 Å². The van der Waals surface area contributed by atoms with E-state index in [0.717, 1.165) is 22.5 Å². The highest BCUT2D eigenvalue weighted by Crippen LogP contribution is 2.43. The van der Waals surface area contributed by atoms with Crippen molar-refractivity contribution in [3.8, 4) is 11.3 Å². The van der Waals surface area contributed by atoms with Crippen LogP contribution in [0.3, 0.4) is 0 Å². The number of benzene rings is 2. The number of amides is 1. The minimum atomic E-state index is -0.569. The van der Waals surface area contributed by atoms with Gasteiger partial charge < -0.3 is 15.0 Å². The average molecular weight is 360 g/mol. The topological polar surface area (TPSA) is 71.2 Å². The summed E-state index contributed by atoms with van der Waals surface area (Å²) in [5.41, 5.74) is 5.13. The van der Waals surface area contributed by atoms with E-state index in [-0.39, 0.29) is 12.5 Å². The number of aryl methyl sites for hydroxylation is 1. The smallest absolute Gasteiger partial charge is 0.340 e. The maximum Gasteiger partial charge on any atom is 0.340 e. The van der Waals surface area contributed by atoms with Crippen molar-refractivity contribution >= 4 is 17.6 Å². The van der Waals surface area contributed by atoms with Gasteiger partial charge in [0.25, 0.3) is 0 Å². The number of hydrogen-bond acceptors (Lipinski definition) is 3. The van der Waals surface area contributed by atoms with Gasteiger partial charge in [0.05, 0.1) is 23.8 Å². The molecule has 2 N–H and O–H groups in total. The van der Waals surface area contributed by atoms with E-state index in [0.29, 0.717) is 16.8 Å². The van der Waals surface area contributed by atoms with Crippen molar-refractivity contribution < 1.29 is 14.3 Å². The van der Waals surface area contributed by atoms with Crippen molar-refractivity contribution in [2.45, 2.75) is 19.8 Å². The Morgan fingerprint density at radius 1 is 1.07 bits per heavy atom. The number of aromatic amines is 1. The van der Waals surface area contributed by atoms with Crippen molar-refractivity contribution in [3.05, 3.63) is 77.0 Å². The van der Waals surface area contributed by atoms with E-state index in [9.17, 15) is 9.59 Å². The molecule has 136 valence electrons. The zero-order chi connectivity index (χ0) is 19.0. The maximum atomic E-state index is 12.9. The van der Waals surface area contributed by atoms with Crippen LogP contribution in [0.4, 0.5) is 5.69 Å². The third kappa shape index (κ3) is 2.81. The first-order chi connectivity index (χ1) is 13.1. The summed E-state index contributed by atoms with van der Waals surface area (Å²) in [5, 5.41) is 2.93. The number of nitrogens with one attached hydrogen (secondary N) is 2. The second kappa shape index (κ2) is 6.76. The molecule has 4 rings (SSSR count). The standard InChI is InChI=1S/C22H20N2O3/c1-3-27-22(26)17-13(2)23-20(14-9-5-4-6-10-14)19(17)18-15-11-7-8-12-16(15)24-21(18)25/h4-12,18,23H,3H2,1-2H3,(H,24,25). The molecule has 3 aromatic rings. The van der Waals surface area contributed by atoms with Gasteiger partial charge in [-0.25, -0.2) is 4.79 Å². The van der Waals surface area contributed by atoms with Gasteiger partial charge in [-0.3, -0.25) is 4.79 Å². The number of anilines is 1. The van der Waals surface area contributed by atoms with Crippen molar-refractivity contribution in [2.75, 3.05) is 11.9 Å². The van der Waals surface area contributed by atoms with Gasteiger partial charge in [-0.05, 0) is 31.0 Å². The number of aromatic nitrogens is 1. The molecule has 5 heteroatoms. The predicted octanol–water partition coefficient (Wildman–Crippen LogP) is 4.25. The predicted molar refractivity (Wildman–Crippen MR) is 104 cm³/mol. The fraction of sp³-hybridized carbons (Fsp3) is 0.182. The molecule has 0 fully saturated rings.